The Morgan fingerprint density at radius 2 is 2.12 bits per heavy atom. The number of halogens is 2. The van der Waals surface area contributed by atoms with Crippen LogP contribution < -0.4 is 5.32 Å². The molecule has 0 radical (unpaired) electrons. The molecule has 1 aromatic rings. The highest BCUT2D eigenvalue weighted by Crippen LogP contribution is 2.16. The van der Waals surface area contributed by atoms with E-state index in [0.29, 0.717) is 19.0 Å². The average Bonchev–Trinajstić information content (AvgIpc) is 2.21. The zero-order chi connectivity index (χ0) is 12.1. The third-order valence-corrected chi connectivity index (χ3v) is 2.52. The zero-order valence-corrected chi connectivity index (χ0v) is 10.3. The minimum atomic E-state index is -0.511. The standard InChI is InChI=1S/C12H17ClFNO/c1-8(2)15-7-10(16)5-9-3-4-11(13)12(14)6-9/h3-4,6,8,10,15-16H,5,7H2,1-2H3. The fourth-order valence-corrected chi connectivity index (χ4v) is 1.50. The predicted molar refractivity (Wildman–Crippen MR) is 64.3 cm³/mol. The molecule has 0 aliphatic carbocycles. The van der Waals surface area contributed by atoms with Crippen molar-refractivity contribution in [3.05, 3.63) is 34.6 Å². The monoisotopic (exact) mass is 245 g/mol. The maximum Gasteiger partial charge on any atom is 0.142 e. The first kappa shape index (κ1) is 13.4. The molecule has 0 fully saturated rings. The van der Waals surface area contributed by atoms with Crippen LogP contribution in [0.4, 0.5) is 4.39 Å². The number of benzene rings is 1. The summed E-state index contributed by atoms with van der Waals surface area (Å²) in [6.07, 6.45) is -0.0867. The van der Waals surface area contributed by atoms with Crippen LogP contribution >= 0.6 is 11.6 Å². The van der Waals surface area contributed by atoms with Crippen molar-refractivity contribution in [1.29, 1.82) is 0 Å². The van der Waals surface area contributed by atoms with E-state index in [4.69, 9.17) is 11.6 Å². The number of aliphatic hydroxyl groups is 1. The van der Waals surface area contributed by atoms with Crippen LogP contribution in [0.15, 0.2) is 18.2 Å². The summed E-state index contributed by atoms with van der Waals surface area (Å²) < 4.78 is 13.1. The van der Waals surface area contributed by atoms with Gasteiger partial charge in [-0.05, 0) is 24.1 Å². The molecule has 0 saturated heterocycles. The van der Waals surface area contributed by atoms with Crippen molar-refractivity contribution >= 4 is 11.6 Å². The molecule has 0 amide bonds. The van der Waals surface area contributed by atoms with E-state index in [1.807, 2.05) is 13.8 Å². The van der Waals surface area contributed by atoms with Crippen molar-refractivity contribution < 1.29 is 9.50 Å². The van der Waals surface area contributed by atoms with Gasteiger partial charge in [0.25, 0.3) is 0 Å². The molecule has 0 spiro atoms. The molecule has 0 bridgehead atoms. The van der Waals surface area contributed by atoms with Crippen molar-refractivity contribution in [2.45, 2.75) is 32.4 Å². The Balaban J connectivity index is 2.49. The lowest BCUT2D eigenvalue weighted by Crippen LogP contribution is -2.33. The fraction of sp³-hybridized carbons (Fsp3) is 0.500. The van der Waals surface area contributed by atoms with E-state index in [2.05, 4.69) is 5.32 Å². The van der Waals surface area contributed by atoms with Crippen molar-refractivity contribution in [3.8, 4) is 0 Å². The lowest BCUT2D eigenvalue weighted by atomic mass is 10.1. The van der Waals surface area contributed by atoms with Crippen LogP contribution in [0.25, 0.3) is 0 Å². The van der Waals surface area contributed by atoms with Crippen LogP contribution in [0.3, 0.4) is 0 Å². The highest BCUT2D eigenvalue weighted by atomic mass is 35.5. The molecular weight excluding hydrogens is 229 g/mol. The Hall–Kier alpha value is -0.640. The quantitative estimate of drug-likeness (QED) is 0.835. The van der Waals surface area contributed by atoms with Gasteiger partial charge < -0.3 is 10.4 Å². The molecule has 0 saturated carbocycles. The number of nitrogens with one attached hydrogen (secondary N) is 1. The molecule has 90 valence electrons. The van der Waals surface area contributed by atoms with Gasteiger partial charge in [0.2, 0.25) is 0 Å². The van der Waals surface area contributed by atoms with Gasteiger partial charge in [0, 0.05) is 12.6 Å². The van der Waals surface area contributed by atoms with Gasteiger partial charge in [-0.1, -0.05) is 31.5 Å². The van der Waals surface area contributed by atoms with Gasteiger partial charge in [-0.15, -0.1) is 0 Å². The Morgan fingerprint density at radius 1 is 1.44 bits per heavy atom. The molecule has 1 rings (SSSR count). The SMILES string of the molecule is CC(C)NCC(O)Cc1ccc(Cl)c(F)c1. The molecule has 0 aliphatic heterocycles. The Labute approximate surface area is 100 Å². The van der Waals surface area contributed by atoms with Crippen LogP contribution in [0.5, 0.6) is 0 Å². The van der Waals surface area contributed by atoms with Gasteiger partial charge in [0.15, 0.2) is 0 Å². The Morgan fingerprint density at radius 3 is 2.69 bits per heavy atom. The number of hydrogen-bond donors (Lipinski definition) is 2. The molecular formula is C12H17ClFNO. The summed E-state index contributed by atoms with van der Waals surface area (Å²) in [5.41, 5.74) is 0.750. The maximum absolute atomic E-state index is 13.1. The smallest absolute Gasteiger partial charge is 0.142 e. The first-order chi connectivity index (χ1) is 7.49. The molecule has 16 heavy (non-hydrogen) atoms. The molecule has 1 unspecified atom stereocenters. The van der Waals surface area contributed by atoms with Gasteiger partial charge in [0.1, 0.15) is 5.82 Å². The second-order valence-corrected chi connectivity index (χ2v) is 4.58. The molecule has 1 atom stereocenters. The first-order valence-corrected chi connectivity index (χ1v) is 5.72. The van der Waals surface area contributed by atoms with Gasteiger partial charge in [-0.2, -0.15) is 0 Å². The molecule has 1 aromatic carbocycles. The van der Waals surface area contributed by atoms with Gasteiger partial charge in [-0.3, -0.25) is 0 Å². The summed E-state index contributed by atoms with van der Waals surface area (Å²) in [5, 5.41) is 12.9. The van der Waals surface area contributed by atoms with E-state index in [0.717, 1.165) is 5.56 Å². The second kappa shape index (κ2) is 6.18. The highest BCUT2D eigenvalue weighted by molar-refractivity contribution is 6.30. The Kier molecular flexibility index (Phi) is 5.19. The highest BCUT2D eigenvalue weighted by Gasteiger charge is 2.08. The van der Waals surface area contributed by atoms with Gasteiger partial charge in [0.05, 0.1) is 11.1 Å². The van der Waals surface area contributed by atoms with E-state index in [9.17, 15) is 9.50 Å². The topological polar surface area (TPSA) is 32.3 Å². The normalized spacial score (nSPS) is 13.1. The third-order valence-electron chi connectivity index (χ3n) is 2.22. The van der Waals surface area contributed by atoms with Crippen molar-refractivity contribution in [2.75, 3.05) is 6.54 Å². The minimum Gasteiger partial charge on any atom is -0.391 e. The Bertz CT molecular complexity index is 344. The lowest BCUT2D eigenvalue weighted by molar-refractivity contribution is 0.169. The third kappa shape index (κ3) is 4.47. The summed E-state index contributed by atoms with van der Waals surface area (Å²) >= 11 is 5.57. The average molecular weight is 246 g/mol. The van der Waals surface area contributed by atoms with Crippen LogP contribution in [0, 0.1) is 5.82 Å². The molecule has 2 N–H and O–H groups in total. The van der Waals surface area contributed by atoms with Crippen molar-refractivity contribution in [2.24, 2.45) is 0 Å². The van der Waals surface area contributed by atoms with E-state index in [1.165, 1.54) is 12.1 Å². The van der Waals surface area contributed by atoms with E-state index >= 15 is 0 Å². The largest absolute Gasteiger partial charge is 0.391 e. The second-order valence-electron chi connectivity index (χ2n) is 4.17. The molecule has 0 heterocycles. The number of aliphatic hydroxyl groups excluding tert-OH is 1. The van der Waals surface area contributed by atoms with Crippen LogP contribution in [0.1, 0.15) is 19.4 Å². The number of rotatable bonds is 5. The summed E-state index contributed by atoms with van der Waals surface area (Å²) in [4.78, 5) is 0. The van der Waals surface area contributed by atoms with Crippen molar-refractivity contribution in [3.63, 3.8) is 0 Å². The molecule has 0 aliphatic rings. The van der Waals surface area contributed by atoms with Crippen LogP contribution in [0.2, 0.25) is 5.02 Å². The first-order valence-electron chi connectivity index (χ1n) is 5.34. The summed E-state index contributed by atoms with van der Waals surface area (Å²) in [6, 6.07) is 4.93. The molecule has 0 aromatic heterocycles. The number of hydrogen-bond acceptors (Lipinski definition) is 2. The summed E-state index contributed by atoms with van der Waals surface area (Å²) in [7, 11) is 0. The summed E-state index contributed by atoms with van der Waals surface area (Å²) in [5.74, 6) is -0.441. The van der Waals surface area contributed by atoms with Gasteiger partial charge in [-0.25, -0.2) is 4.39 Å². The summed E-state index contributed by atoms with van der Waals surface area (Å²) in [6.45, 7) is 4.52. The van der Waals surface area contributed by atoms with Crippen LogP contribution in [-0.4, -0.2) is 23.8 Å². The van der Waals surface area contributed by atoms with Crippen molar-refractivity contribution in [1.82, 2.24) is 5.32 Å². The molecule has 2 nitrogen and oxygen atoms in total. The van der Waals surface area contributed by atoms with E-state index in [1.54, 1.807) is 6.07 Å². The molecule has 4 heteroatoms. The fourth-order valence-electron chi connectivity index (χ4n) is 1.38. The minimum absolute atomic E-state index is 0.110. The maximum atomic E-state index is 13.1. The zero-order valence-electron chi connectivity index (χ0n) is 9.50. The van der Waals surface area contributed by atoms with E-state index < -0.39 is 11.9 Å². The van der Waals surface area contributed by atoms with Crippen LogP contribution in [-0.2, 0) is 6.42 Å². The van der Waals surface area contributed by atoms with E-state index in [-0.39, 0.29) is 5.02 Å². The van der Waals surface area contributed by atoms with Gasteiger partial charge >= 0.3 is 0 Å². The predicted octanol–water partition coefficient (Wildman–Crippen LogP) is 2.38. The lowest BCUT2D eigenvalue weighted by Gasteiger charge is -2.14.